The van der Waals surface area contributed by atoms with Gasteiger partial charge < -0.3 is 14.8 Å². The molecule has 0 saturated heterocycles. The van der Waals surface area contributed by atoms with Crippen LogP contribution in [0.1, 0.15) is 39.5 Å². The third-order valence-electron chi connectivity index (χ3n) is 2.30. The summed E-state index contributed by atoms with van der Waals surface area (Å²) in [6, 6.07) is 0.441. The van der Waals surface area contributed by atoms with Crippen LogP contribution in [0.3, 0.4) is 0 Å². The van der Waals surface area contributed by atoms with Crippen molar-refractivity contribution in [1.29, 1.82) is 0 Å². The lowest BCUT2D eigenvalue weighted by molar-refractivity contribution is 0.101. The van der Waals surface area contributed by atoms with Gasteiger partial charge in [-0.15, -0.1) is 0 Å². The van der Waals surface area contributed by atoms with Crippen molar-refractivity contribution < 1.29 is 9.47 Å². The number of nitrogens with one attached hydrogen (secondary N) is 1. The average Bonchev–Trinajstić information content (AvgIpc) is 2.25. The Hall–Kier alpha value is -0.120. The molecule has 92 valence electrons. The van der Waals surface area contributed by atoms with Crippen molar-refractivity contribution in [3.63, 3.8) is 0 Å². The molecule has 0 aromatic heterocycles. The van der Waals surface area contributed by atoms with E-state index in [1.165, 1.54) is 6.42 Å². The molecule has 0 fully saturated rings. The van der Waals surface area contributed by atoms with Gasteiger partial charge in [-0.3, -0.25) is 0 Å². The molecule has 0 aliphatic heterocycles. The topological polar surface area (TPSA) is 30.5 Å². The van der Waals surface area contributed by atoms with Crippen LogP contribution >= 0.6 is 0 Å². The average molecular weight is 217 g/mol. The van der Waals surface area contributed by atoms with Crippen LogP contribution in [-0.2, 0) is 9.47 Å². The molecule has 0 saturated carbocycles. The lowest BCUT2D eigenvalue weighted by Crippen LogP contribution is -2.34. The molecule has 0 aromatic rings. The Labute approximate surface area is 94.5 Å². The normalized spacial score (nSPS) is 13.0. The minimum absolute atomic E-state index is 0.441. The zero-order chi connectivity index (χ0) is 11.4. The van der Waals surface area contributed by atoms with E-state index in [1.54, 1.807) is 7.11 Å². The Morgan fingerprint density at radius 3 is 2.53 bits per heavy atom. The van der Waals surface area contributed by atoms with Crippen LogP contribution in [-0.4, -0.2) is 39.5 Å². The van der Waals surface area contributed by atoms with Crippen molar-refractivity contribution in [3.05, 3.63) is 0 Å². The molecule has 0 amide bonds. The van der Waals surface area contributed by atoms with Crippen molar-refractivity contribution in [2.45, 2.75) is 45.6 Å². The zero-order valence-corrected chi connectivity index (χ0v) is 10.6. The van der Waals surface area contributed by atoms with Crippen LogP contribution in [0.5, 0.6) is 0 Å². The van der Waals surface area contributed by atoms with Crippen LogP contribution in [0.25, 0.3) is 0 Å². The maximum Gasteiger partial charge on any atom is 0.0616 e. The Balaban J connectivity index is 3.38. The largest absolute Gasteiger partial charge is 0.383 e. The van der Waals surface area contributed by atoms with Crippen LogP contribution in [0.15, 0.2) is 0 Å². The second-order valence-electron chi connectivity index (χ2n) is 3.86. The SMILES string of the molecule is CCCCOCCC(COC)NCCC. The molecule has 1 unspecified atom stereocenters. The summed E-state index contributed by atoms with van der Waals surface area (Å²) in [6.45, 7) is 7.92. The van der Waals surface area contributed by atoms with E-state index in [0.29, 0.717) is 6.04 Å². The highest BCUT2D eigenvalue weighted by molar-refractivity contribution is 4.65. The number of unbranched alkanes of at least 4 members (excludes halogenated alkanes) is 1. The Morgan fingerprint density at radius 2 is 1.93 bits per heavy atom. The molecule has 0 spiro atoms. The van der Waals surface area contributed by atoms with Gasteiger partial charge in [0, 0.05) is 26.4 Å². The lowest BCUT2D eigenvalue weighted by Gasteiger charge is -2.17. The van der Waals surface area contributed by atoms with Gasteiger partial charge in [0.25, 0.3) is 0 Å². The Morgan fingerprint density at radius 1 is 1.13 bits per heavy atom. The van der Waals surface area contributed by atoms with Gasteiger partial charge in [-0.2, -0.15) is 0 Å². The second kappa shape index (κ2) is 12.0. The molecule has 0 aromatic carbocycles. The highest BCUT2D eigenvalue weighted by Gasteiger charge is 2.06. The smallest absolute Gasteiger partial charge is 0.0616 e. The predicted octanol–water partition coefficient (Wildman–Crippen LogP) is 2.21. The maximum atomic E-state index is 5.54. The van der Waals surface area contributed by atoms with Crippen LogP contribution in [0.2, 0.25) is 0 Å². The van der Waals surface area contributed by atoms with Crippen LogP contribution < -0.4 is 5.32 Å². The summed E-state index contributed by atoms with van der Waals surface area (Å²) in [5.74, 6) is 0. The van der Waals surface area contributed by atoms with E-state index >= 15 is 0 Å². The third kappa shape index (κ3) is 10.2. The van der Waals surface area contributed by atoms with E-state index in [0.717, 1.165) is 45.6 Å². The van der Waals surface area contributed by atoms with Crippen molar-refractivity contribution in [2.75, 3.05) is 33.5 Å². The van der Waals surface area contributed by atoms with E-state index in [1.807, 2.05) is 0 Å². The zero-order valence-electron chi connectivity index (χ0n) is 10.6. The molecular weight excluding hydrogens is 190 g/mol. The summed E-state index contributed by atoms with van der Waals surface area (Å²) >= 11 is 0. The quantitative estimate of drug-likeness (QED) is 0.538. The number of methoxy groups -OCH3 is 1. The molecular formula is C12H27NO2. The molecule has 0 bridgehead atoms. The van der Waals surface area contributed by atoms with Crippen molar-refractivity contribution in [2.24, 2.45) is 0 Å². The third-order valence-corrected chi connectivity index (χ3v) is 2.30. The van der Waals surface area contributed by atoms with Gasteiger partial charge in [0.15, 0.2) is 0 Å². The fraction of sp³-hybridized carbons (Fsp3) is 1.00. The van der Waals surface area contributed by atoms with Gasteiger partial charge in [0.2, 0.25) is 0 Å². The molecule has 3 nitrogen and oxygen atoms in total. The van der Waals surface area contributed by atoms with Gasteiger partial charge in [-0.05, 0) is 25.8 Å². The lowest BCUT2D eigenvalue weighted by atomic mass is 10.2. The van der Waals surface area contributed by atoms with Crippen LogP contribution in [0, 0.1) is 0 Å². The van der Waals surface area contributed by atoms with Gasteiger partial charge >= 0.3 is 0 Å². The summed E-state index contributed by atoms with van der Waals surface area (Å²) < 4.78 is 10.7. The van der Waals surface area contributed by atoms with Gasteiger partial charge in [-0.1, -0.05) is 20.3 Å². The predicted molar refractivity (Wildman–Crippen MR) is 64.3 cm³/mol. The molecule has 0 radical (unpaired) electrons. The standard InChI is InChI=1S/C12H27NO2/c1-4-6-9-15-10-7-12(11-14-3)13-8-5-2/h12-13H,4-11H2,1-3H3. The molecule has 15 heavy (non-hydrogen) atoms. The fourth-order valence-electron chi connectivity index (χ4n) is 1.37. The van der Waals surface area contributed by atoms with Crippen molar-refractivity contribution >= 4 is 0 Å². The van der Waals surface area contributed by atoms with Crippen LogP contribution in [0.4, 0.5) is 0 Å². The fourth-order valence-corrected chi connectivity index (χ4v) is 1.37. The number of ether oxygens (including phenoxy) is 2. The first-order chi connectivity index (χ1) is 7.35. The first kappa shape index (κ1) is 14.9. The Kier molecular flexibility index (Phi) is 11.9. The highest BCUT2D eigenvalue weighted by Crippen LogP contribution is 1.96. The molecule has 0 aliphatic rings. The molecule has 3 heteroatoms. The van der Waals surface area contributed by atoms with Gasteiger partial charge in [0.05, 0.1) is 6.61 Å². The summed E-state index contributed by atoms with van der Waals surface area (Å²) in [7, 11) is 1.75. The summed E-state index contributed by atoms with van der Waals surface area (Å²) in [6.07, 6.45) is 4.57. The first-order valence-corrected chi connectivity index (χ1v) is 6.15. The van der Waals surface area contributed by atoms with E-state index in [9.17, 15) is 0 Å². The highest BCUT2D eigenvalue weighted by atomic mass is 16.5. The van der Waals surface area contributed by atoms with E-state index in [2.05, 4.69) is 19.2 Å². The minimum atomic E-state index is 0.441. The maximum absolute atomic E-state index is 5.54. The second-order valence-corrected chi connectivity index (χ2v) is 3.86. The monoisotopic (exact) mass is 217 g/mol. The van der Waals surface area contributed by atoms with E-state index in [4.69, 9.17) is 9.47 Å². The van der Waals surface area contributed by atoms with Gasteiger partial charge in [0.1, 0.15) is 0 Å². The summed E-state index contributed by atoms with van der Waals surface area (Å²) in [5, 5.41) is 3.46. The first-order valence-electron chi connectivity index (χ1n) is 6.15. The van der Waals surface area contributed by atoms with Gasteiger partial charge in [-0.25, -0.2) is 0 Å². The minimum Gasteiger partial charge on any atom is -0.383 e. The summed E-state index contributed by atoms with van der Waals surface area (Å²) in [4.78, 5) is 0. The Bertz CT molecular complexity index is 120. The number of rotatable bonds is 11. The molecule has 0 aliphatic carbocycles. The van der Waals surface area contributed by atoms with Crippen molar-refractivity contribution in [3.8, 4) is 0 Å². The summed E-state index contributed by atoms with van der Waals surface area (Å²) in [5.41, 5.74) is 0. The number of hydrogen-bond donors (Lipinski definition) is 1. The molecule has 0 rings (SSSR count). The molecule has 1 atom stereocenters. The number of hydrogen-bond acceptors (Lipinski definition) is 3. The van der Waals surface area contributed by atoms with Crippen molar-refractivity contribution in [1.82, 2.24) is 5.32 Å². The molecule has 1 N–H and O–H groups in total. The van der Waals surface area contributed by atoms with E-state index < -0.39 is 0 Å². The van der Waals surface area contributed by atoms with E-state index in [-0.39, 0.29) is 0 Å². The molecule has 0 heterocycles.